The number of carbonyl (C=O) groups is 4. The van der Waals surface area contributed by atoms with Gasteiger partial charge in [0.1, 0.15) is 40.4 Å². The van der Waals surface area contributed by atoms with E-state index in [0.717, 1.165) is 10.8 Å². The number of fused-ring (bicyclic) bond motifs is 1. The molecule has 2 aromatic rings. The highest BCUT2D eigenvalue weighted by Gasteiger charge is 2.46. The van der Waals surface area contributed by atoms with Crippen molar-refractivity contribution >= 4 is 56.2 Å². The van der Waals surface area contributed by atoms with Gasteiger partial charge in [0, 0.05) is 18.0 Å². The molecule has 2 fully saturated rings. The molecule has 1 saturated carbocycles. The Morgan fingerprint density at radius 1 is 1.10 bits per heavy atom. The van der Waals surface area contributed by atoms with Gasteiger partial charge in [-0.2, -0.15) is 0 Å². The van der Waals surface area contributed by atoms with Gasteiger partial charge >= 0.3 is 6.09 Å². The minimum Gasteiger partial charge on any atom is -0.488 e. The normalized spacial score (nSPS) is 19.3. The number of rotatable bonds is 10. The lowest BCUT2D eigenvalue weighted by Gasteiger charge is -2.35. The van der Waals surface area contributed by atoms with Crippen LogP contribution in [0.15, 0.2) is 54.9 Å². The summed E-state index contributed by atoms with van der Waals surface area (Å²) in [5.74, 6) is -1.92. The van der Waals surface area contributed by atoms with E-state index in [1.165, 1.54) is 17.1 Å². The van der Waals surface area contributed by atoms with Gasteiger partial charge in [-0.05, 0) is 74.8 Å². The highest BCUT2D eigenvalue weighted by atomic mass is 35.5. The van der Waals surface area contributed by atoms with Gasteiger partial charge in [-0.15, -0.1) is 0 Å². The van der Waals surface area contributed by atoms with Crippen molar-refractivity contribution in [3.05, 3.63) is 60.0 Å². The number of carbonyl (C=O) groups excluding carboxylic acids is 4. The quantitative estimate of drug-likeness (QED) is 0.188. The monoisotopic (exact) mass is 703 g/mol. The maximum Gasteiger partial charge on any atom is 0.408 e. The lowest BCUT2D eigenvalue weighted by molar-refractivity contribution is -0.142. The molecule has 1 aliphatic heterocycles. The number of pyridine rings is 1. The first-order chi connectivity index (χ1) is 22.3. The second-order valence-corrected chi connectivity index (χ2v) is 16.2. The molecule has 4 rings (SSSR count). The summed E-state index contributed by atoms with van der Waals surface area (Å²) in [5.41, 5.74) is -2.01. The SMILES string of the molecule is C=C/C=C(/NC(=O)[C@@H]1C[C@@H](Oc2ccc3c(Cl)nccc3c2)CN1C(=O)[C@@H](NC(=O)OC(C)(C)C)C(C)(C)C)C(=O)NS(=O)(=O)C1CC1. The minimum atomic E-state index is -3.92. The number of nitrogens with one attached hydrogen (secondary N) is 3. The molecule has 1 aromatic heterocycles. The lowest BCUT2D eigenvalue weighted by atomic mass is 9.85. The summed E-state index contributed by atoms with van der Waals surface area (Å²) >= 11 is 6.21. The van der Waals surface area contributed by atoms with Gasteiger partial charge in [-0.3, -0.25) is 14.4 Å². The Hall–Kier alpha value is -4.17. The molecule has 1 aromatic carbocycles. The van der Waals surface area contributed by atoms with Gasteiger partial charge < -0.3 is 25.0 Å². The molecule has 0 spiro atoms. The molecule has 0 radical (unpaired) electrons. The Kier molecular flexibility index (Phi) is 10.8. The van der Waals surface area contributed by atoms with E-state index >= 15 is 0 Å². The number of sulfonamides is 1. The van der Waals surface area contributed by atoms with Gasteiger partial charge in [0.05, 0.1) is 11.8 Å². The predicted octanol–water partition coefficient (Wildman–Crippen LogP) is 3.97. The number of likely N-dealkylation sites (tertiary alicyclic amines) is 1. The number of hydrogen-bond acceptors (Lipinski definition) is 9. The van der Waals surface area contributed by atoms with E-state index in [4.69, 9.17) is 21.1 Å². The summed E-state index contributed by atoms with van der Waals surface area (Å²) < 4.78 is 38.5. The molecule has 15 heteroatoms. The van der Waals surface area contributed by atoms with Crippen LogP contribution >= 0.6 is 11.6 Å². The van der Waals surface area contributed by atoms with Crippen LogP contribution in [0.5, 0.6) is 5.75 Å². The number of allylic oxidation sites excluding steroid dienone is 2. The van der Waals surface area contributed by atoms with Crippen molar-refractivity contribution in [3.63, 3.8) is 0 Å². The number of benzene rings is 1. The number of hydrogen-bond donors (Lipinski definition) is 3. The third kappa shape index (κ3) is 9.25. The molecule has 0 bridgehead atoms. The molecule has 48 heavy (non-hydrogen) atoms. The van der Waals surface area contributed by atoms with E-state index in [-0.39, 0.29) is 18.7 Å². The number of nitrogens with zero attached hydrogens (tertiary/aromatic N) is 2. The molecule has 13 nitrogen and oxygen atoms in total. The molecule has 0 unspecified atom stereocenters. The standard InChI is InChI=1S/C33H42ClN5O8S/c1-8-9-24(28(40)38-48(44,45)22-11-12-22)36-29(41)25-17-21(46-20-10-13-23-19(16-20)14-15-35-27(23)34)18-39(25)30(42)26(32(2,3)4)37-31(43)47-33(5,6)7/h8-10,13-16,21-22,25-26H,1,11-12,17-18H2,2-7H3,(H,36,41)(H,37,43)(H,38,40)/b24-9+/t21-,25+,26-/m1/s1. The van der Waals surface area contributed by atoms with Crippen LogP contribution in [0, 0.1) is 5.41 Å². The van der Waals surface area contributed by atoms with Crippen LogP contribution in [0.4, 0.5) is 4.79 Å². The summed E-state index contributed by atoms with van der Waals surface area (Å²) in [6, 6.07) is 4.70. The Labute approximate surface area is 285 Å². The van der Waals surface area contributed by atoms with E-state index in [9.17, 15) is 27.6 Å². The van der Waals surface area contributed by atoms with Crippen molar-refractivity contribution in [2.75, 3.05) is 6.54 Å². The van der Waals surface area contributed by atoms with Crippen molar-refractivity contribution in [1.29, 1.82) is 0 Å². The number of alkyl carbamates (subject to hydrolysis) is 1. The first kappa shape index (κ1) is 36.7. The number of ether oxygens (including phenoxy) is 2. The van der Waals surface area contributed by atoms with Crippen LogP contribution in [0.3, 0.4) is 0 Å². The molecule has 1 saturated heterocycles. The first-order valence-corrected chi connectivity index (χ1v) is 17.4. The van der Waals surface area contributed by atoms with Gasteiger partial charge in [-0.1, -0.05) is 45.0 Å². The highest BCUT2D eigenvalue weighted by Crippen LogP contribution is 2.31. The van der Waals surface area contributed by atoms with Crippen LogP contribution in [0.1, 0.15) is 60.8 Å². The molecule has 2 heterocycles. The molecule has 2 aliphatic rings. The third-order valence-corrected chi connectivity index (χ3v) is 9.72. The van der Waals surface area contributed by atoms with E-state index < -0.39 is 68.3 Å². The van der Waals surface area contributed by atoms with E-state index in [0.29, 0.717) is 23.7 Å². The van der Waals surface area contributed by atoms with Crippen LogP contribution in [-0.2, 0) is 29.1 Å². The van der Waals surface area contributed by atoms with Crippen LogP contribution < -0.4 is 20.1 Å². The minimum absolute atomic E-state index is 0.0133. The zero-order valence-electron chi connectivity index (χ0n) is 27.8. The summed E-state index contributed by atoms with van der Waals surface area (Å²) in [6.07, 6.45) is 3.35. The van der Waals surface area contributed by atoms with Crippen LogP contribution in [0.2, 0.25) is 5.15 Å². The Balaban J connectivity index is 1.62. The smallest absolute Gasteiger partial charge is 0.408 e. The summed E-state index contributed by atoms with van der Waals surface area (Å²) in [5, 5.41) is 6.30. The van der Waals surface area contributed by atoms with Crippen molar-refractivity contribution in [3.8, 4) is 5.75 Å². The average molecular weight is 704 g/mol. The summed E-state index contributed by atoms with van der Waals surface area (Å²) in [7, 11) is -3.92. The van der Waals surface area contributed by atoms with Crippen molar-refractivity contribution in [1.82, 2.24) is 25.2 Å². The fourth-order valence-electron chi connectivity index (χ4n) is 5.15. The number of amides is 4. The Bertz CT molecular complexity index is 1740. The van der Waals surface area contributed by atoms with E-state index in [1.54, 1.807) is 72.0 Å². The Morgan fingerprint density at radius 3 is 2.40 bits per heavy atom. The molecule has 3 N–H and O–H groups in total. The van der Waals surface area contributed by atoms with Gasteiger partial charge in [0.2, 0.25) is 21.8 Å². The fraction of sp³-hybridized carbons (Fsp3) is 0.485. The third-order valence-electron chi connectivity index (χ3n) is 7.60. The van der Waals surface area contributed by atoms with Gasteiger partial charge in [0.15, 0.2) is 0 Å². The van der Waals surface area contributed by atoms with Gasteiger partial charge in [0.25, 0.3) is 5.91 Å². The zero-order valence-corrected chi connectivity index (χ0v) is 29.4. The van der Waals surface area contributed by atoms with Crippen molar-refractivity contribution < 1.29 is 37.1 Å². The van der Waals surface area contributed by atoms with Crippen LogP contribution in [-0.4, -0.2) is 77.7 Å². The topological polar surface area (TPSA) is 173 Å². The number of aromatic nitrogens is 1. The van der Waals surface area contributed by atoms with Gasteiger partial charge in [-0.25, -0.2) is 22.9 Å². The fourth-order valence-corrected chi connectivity index (χ4v) is 6.67. The second kappa shape index (κ2) is 14.1. The predicted molar refractivity (Wildman–Crippen MR) is 180 cm³/mol. The summed E-state index contributed by atoms with van der Waals surface area (Å²) in [6.45, 7) is 13.9. The molecule has 3 atom stereocenters. The average Bonchev–Trinajstić information content (AvgIpc) is 3.75. The maximum absolute atomic E-state index is 14.2. The first-order valence-electron chi connectivity index (χ1n) is 15.5. The Morgan fingerprint density at radius 2 is 1.79 bits per heavy atom. The molecular formula is C33H42ClN5O8S. The second-order valence-electron chi connectivity index (χ2n) is 13.9. The number of halogens is 1. The highest BCUT2D eigenvalue weighted by molar-refractivity contribution is 7.91. The summed E-state index contributed by atoms with van der Waals surface area (Å²) in [4.78, 5) is 59.2. The molecule has 260 valence electrons. The lowest BCUT2D eigenvalue weighted by Crippen LogP contribution is -2.58. The van der Waals surface area contributed by atoms with Crippen LogP contribution in [0.25, 0.3) is 10.8 Å². The molecule has 1 aliphatic carbocycles. The van der Waals surface area contributed by atoms with E-state index in [2.05, 4.69) is 22.2 Å². The zero-order chi connectivity index (χ0) is 35.6. The maximum atomic E-state index is 14.2. The molecular weight excluding hydrogens is 662 g/mol. The molecule has 4 amide bonds. The van der Waals surface area contributed by atoms with Crippen molar-refractivity contribution in [2.45, 2.75) is 89.8 Å². The largest absolute Gasteiger partial charge is 0.488 e. The van der Waals surface area contributed by atoms with Crippen molar-refractivity contribution in [2.24, 2.45) is 5.41 Å². The van der Waals surface area contributed by atoms with E-state index in [1.807, 2.05) is 4.72 Å².